The number of rotatable bonds is 5. The summed E-state index contributed by atoms with van der Waals surface area (Å²) in [6.07, 6.45) is 1.58. The maximum absolute atomic E-state index is 12.4. The molecule has 0 spiro atoms. The van der Waals surface area contributed by atoms with Crippen molar-refractivity contribution in [3.8, 4) is 0 Å². The van der Waals surface area contributed by atoms with Crippen molar-refractivity contribution >= 4 is 29.7 Å². The van der Waals surface area contributed by atoms with Crippen molar-refractivity contribution in [3.63, 3.8) is 0 Å². The average molecular weight is 408 g/mol. The van der Waals surface area contributed by atoms with Gasteiger partial charge in [0.2, 0.25) is 5.91 Å². The molecule has 0 bridgehead atoms. The summed E-state index contributed by atoms with van der Waals surface area (Å²) in [5.74, 6) is -1.49. The van der Waals surface area contributed by atoms with Gasteiger partial charge in [-0.25, -0.2) is 5.48 Å². The molecule has 2 aromatic carbocycles. The molecule has 3 rings (SSSR count). The summed E-state index contributed by atoms with van der Waals surface area (Å²) in [7, 11) is 1.54. The van der Waals surface area contributed by atoms with Crippen LogP contribution in [0, 0.1) is 0 Å². The lowest BCUT2D eigenvalue weighted by atomic mass is 10.1. The Hall–Kier alpha value is -3.98. The van der Waals surface area contributed by atoms with Gasteiger partial charge in [0.15, 0.2) is 0 Å². The highest BCUT2D eigenvalue weighted by molar-refractivity contribution is 6.06. The molecule has 1 aliphatic rings. The van der Waals surface area contributed by atoms with Crippen molar-refractivity contribution < 1.29 is 24.4 Å². The number of likely N-dealkylation sites (N-methyl/N-ethyl adjacent to an activating group) is 1. The molecule has 0 unspecified atom stereocenters. The zero-order valence-corrected chi connectivity index (χ0v) is 16.1. The highest BCUT2D eigenvalue weighted by atomic mass is 16.5. The lowest BCUT2D eigenvalue weighted by Crippen LogP contribution is -2.47. The van der Waals surface area contributed by atoms with E-state index in [1.54, 1.807) is 60.1 Å². The minimum absolute atomic E-state index is 0.0284. The average Bonchev–Trinajstić information content (AvgIpc) is 2.77. The van der Waals surface area contributed by atoms with Crippen LogP contribution < -0.4 is 16.1 Å². The molecule has 30 heavy (non-hydrogen) atoms. The Labute approximate surface area is 172 Å². The molecule has 4 amide bonds. The number of piperazine rings is 1. The van der Waals surface area contributed by atoms with Crippen LogP contribution in [0.5, 0.6) is 0 Å². The van der Waals surface area contributed by atoms with Crippen LogP contribution in [-0.4, -0.2) is 47.3 Å². The van der Waals surface area contributed by atoms with Crippen LogP contribution in [0.4, 0.5) is 0 Å². The Morgan fingerprint density at radius 2 is 1.83 bits per heavy atom. The highest BCUT2D eigenvalue weighted by Crippen LogP contribution is 2.14. The summed E-state index contributed by atoms with van der Waals surface area (Å²) in [5.41, 5.74) is 3.85. The minimum atomic E-state index is -0.633. The van der Waals surface area contributed by atoms with E-state index < -0.39 is 5.91 Å². The minimum Gasteiger partial charge on any atom is -0.348 e. The van der Waals surface area contributed by atoms with E-state index >= 15 is 0 Å². The molecule has 1 heterocycles. The number of nitrogens with zero attached hydrogens (tertiary/aromatic N) is 1. The van der Waals surface area contributed by atoms with Gasteiger partial charge in [-0.05, 0) is 41.5 Å². The molecule has 0 aliphatic carbocycles. The van der Waals surface area contributed by atoms with E-state index in [0.717, 1.165) is 0 Å². The molecule has 1 aliphatic heterocycles. The fraction of sp³-hybridized carbons (Fsp3) is 0.143. The SMILES string of the molecule is CN1C(=O)CNC(=O)/C1=C/c1ccc(C(=O)NCc2cccc(C(=O)NO)c2)cc1. The number of carbonyl (C=O) groups excluding carboxylic acids is 4. The van der Waals surface area contributed by atoms with E-state index in [2.05, 4.69) is 10.6 Å². The van der Waals surface area contributed by atoms with Crippen LogP contribution in [0.2, 0.25) is 0 Å². The van der Waals surface area contributed by atoms with E-state index in [0.29, 0.717) is 16.7 Å². The summed E-state index contributed by atoms with van der Waals surface area (Å²) in [6.45, 7) is 0.170. The highest BCUT2D eigenvalue weighted by Gasteiger charge is 2.25. The second-order valence-corrected chi connectivity index (χ2v) is 6.61. The lowest BCUT2D eigenvalue weighted by Gasteiger charge is -2.25. The molecule has 9 nitrogen and oxygen atoms in total. The summed E-state index contributed by atoms with van der Waals surface area (Å²) >= 11 is 0. The number of carbonyl (C=O) groups is 4. The normalized spacial score (nSPS) is 15.0. The molecular formula is C21H20N4O5. The zero-order valence-electron chi connectivity index (χ0n) is 16.1. The first-order chi connectivity index (χ1) is 14.4. The van der Waals surface area contributed by atoms with Crippen molar-refractivity contribution in [2.45, 2.75) is 6.54 Å². The number of nitrogens with one attached hydrogen (secondary N) is 3. The van der Waals surface area contributed by atoms with Gasteiger partial charge < -0.3 is 15.5 Å². The molecule has 2 aromatic rings. The Balaban J connectivity index is 1.66. The van der Waals surface area contributed by atoms with Gasteiger partial charge >= 0.3 is 0 Å². The quantitative estimate of drug-likeness (QED) is 0.328. The Morgan fingerprint density at radius 3 is 2.53 bits per heavy atom. The first-order valence-electron chi connectivity index (χ1n) is 9.07. The van der Waals surface area contributed by atoms with Gasteiger partial charge in [0.1, 0.15) is 5.70 Å². The van der Waals surface area contributed by atoms with Crippen molar-refractivity contribution in [2.24, 2.45) is 0 Å². The zero-order chi connectivity index (χ0) is 21.7. The van der Waals surface area contributed by atoms with Gasteiger partial charge in [-0.1, -0.05) is 24.3 Å². The van der Waals surface area contributed by atoms with Gasteiger partial charge in [0, 0.05) is 24.7 Å². The van der Waals surface area contributed by atoms with E-state index in [1.807, 2.05) is 0 Å². The fourth-order valence-corrected chi connectivity index (χ4v) is 2.87. The Bertz CT molecular complexity index is 1030. The van der Waals surface area contributed by atoms with Crippen LogP contribution in [-0.2, 0) is 16.1 Å². The van der Waals surface area contributed by atoms with Crippen LogP contribution in [0.3, 0.4) is 0 Å². The van der Waals surface area contributed by atoms with E-state index in [-0.39, 0.29) is 42.1 Å². The molecule has 0 radical (unpaired) electrons. The van der Waals surface area contributed by atoms with Crippen LogP contribution in [0.1, 0.15) is 31.8 Å². The van der Waals surface area contributed by atoms with Crippen LogP contribution in [0.25, 0.3) is 6.08 Å². The third kappa shape index (κ3) is 4.70. The van der Waals surface area contributed by atoms with Crippen molar-refractivity contribution in [2.75, 3.05) is 13.6 Å². The van der Waals surface area contributed by atoms with Crippen molar-refractivity contribution in [1.29, 1.82) is 0 Å². The third-order valence-electron chi connectivity index (χ3n) is 4.59. The standard InChI is InChI=1S/C21H20N4O5/c1-25-17(21(29)23-12-18(25)26)10-13-5-7-15(8-6-13)19(27)22-11-14-3-2-4-16(9-14)20(28)24-30/h2-10,30H,11-12H2,1H3,(H,22,27)(H,23,29)(H,24,28)/b17-10-. The van der Waals surface area contributed by atoms with Gasteiger partial charge in [0.05, 0.1) is 6.54 Å². The third-order valence-corrected chi connectivity index (χ3v) is 4.59. The van der Waals surface area contributed by atoms with Crippen molar-refractivity contribution in [3.05, 3.63) is 76.5 Å². The lowest BCUT2D eigenvalue weighted by molar-refractivity contribution is -0.135. The molecular weight excluding hydrogens is 388 g/mol. The molecule has 0 saturated carbocycles. The second kappa shape index (κ2) is 9.01. The summed E-state index contributed by atoms with van der Waals surface area (Å²) < 4.78 is 0. The van der Waals surface area contributed by atoms with Crippen molar-refractivity contribution in [1.82, 2.24) is 21.0 Å². The van der Waals surface area contributed by atoms with Crippen LogP contribution >= 0.6 is 0 Å². The fourth-order valence-electron chi connectivity index (χ4n) is 2.87. The van der Waals surface area contributed by atoms with Gasteiger partial charge in [0.25, 0.3) is 17.7 Å². The predicted octanol–water partition coefficient (Wildman–Crippen LogP) is 0.665. The van der Waals surface area contributed by atoms with E-state index in [9.17, 15) is 19.2 Å². The molecule has 1 fully saturated rings. The second-order valence-electron chi connectivity index (χ2n) is 6.61. The molecule has 9 heteroatoms. The smallest absolute Gasteiger partial charge is 0.274 e. The van der Waals surface area contributed by atoms with Gasteiger partial charge in [-0.15, -0.1) is 0 Å². The first kappa shape index (κ1) is 20.7. The molecule has 0 atom stereocenters. The molecule has 4 N–H and O–H groups in total. The summed E-state index contributed by atoms with van der Waals surface area (Å²) in [6, 6.07) is 13.1. The summed E-state index contributed by atoms with van der Waals surface area (Å²) in [5, 5.41) is 14.0. The maximum Gasteiger partial charge on any atom is 0.274 e. The number of hydrogen-bond donors (Lipinski definition) is 4. The van der Waals surface area contributed by atoms with E-state index in [1.165, 1.54) is 11.9 Å². The van der Waals surface area contributed by atoms with Gasteiger partial charge in [-0.2, -0.15) is 0 Å². The molecule has 1 saturated heterocycles. The number of benzene rings is 2. The largest absolute Gasteiger partial charge is 0.348 e. The number of hydroxylamine groups is 1. The van der Waals surface area contributed by atoms with Gasteiger partial charge in [-0.3, -0.25) is 24.4 Å². The topological polar surface area (TPSA) is 128 Å². The first-order valence-corrected chi connectivity index (χ1v) is 9.07. The van der Waals surface area contributed by atoms with Crippen LogP contribution in [0.15, 0.2) is 54.2 Å². The van der Waals surface area contributed by atoms with E-state index in [4.69, 9.17) is 5.21 Å². The molecule has 154 valence electrons. The number of hydrogen-bond acceptors (Lipinski definition) is 5. The maximum atomic E-state index is 12.4. The monoisotopic (exact) mass is 408 g/mol. The number of amides is 4. The summed E-state index contributed by atoms with van der Waals surface area (Å²) in [4.78, 5) is 48.8. The Morgan fingerprint density at radius 1 is 1.10 bits per heavy atom. The molecule has 0 aromatic heterocycles. The predicted molar refractivity (Wildman–Crippen MR) is 107 cm³/mol. The Kier molecular flexibility index (Phi) is 6.23.